The molecule has 66 valence electrons. The number of hydrogen-bond acceptors (Lipinski definition) is 0. The van der Waals surface area contributed by atoms with Crippen molar-refractivity contribution in [3.8, 4) is 0 Å². The highest BCUT2D eigenvalue weighted by Gasteiger charge is 2.90. The van der Waals surface area contributed by atoms with Crippen molar-refractivity contribution < 1.29 is 13.2 Å². The van der Waals surface area contributed by atoms with Crippen LogP contribution in [-0.2, 0) is 0 Å². The monoisotopic (exact) mass is 166 g/mol. The van der Waals surface area contributed by atoms with Gasteiger partial charge in [-0.3, -0.25) is 0 Å². The number of rotatable bonds is 0. The van der Waals surface area contributed by atoms with Gasteiger partial charge in [0.25, 0.3) is 0 Å². The Labute approximate surface area is 64.8 Å². The first-order chi connectivity index (χ1) is 4.91. The van der Waals surface area contributed by atoms with Crippen LogP contribution in [0.15, 0.2) is 0 Å². The summed E-state index contributed by atoms with van der Waals surface area (Å²) in [6, 6.07) is 0. The van der Waals surface area contributed by atoms with Gasteiger partial charge in [-0.15, -0.1) is 0 Å². The van der Waals surface area contributed by atoms with E-state index < -0.39 is 11.6 Å². The minimum atomic E-state index is -3.91. The number of fused-ring (bicyclic) bond motifs is 1. The van der Waals surface area contributed by atoms with Crippen molar-refractivity contribution in [2.75, 3.05) is 0 Å². The van der Waals surface area contributed by atoms with Gasteiger partial charge >= 0.3 is 6.18 Å². The molecule has 0 radical (unpaired) electrons. The molecule has 0 amide bonds. The van der Waals surface area contributed by atoms with E-state index in [2.05, 4.69) is 0 Å². The second kappa shape index (κ2) is 1.93. The normalized spacial score (nSPS) is 45.3. The maximum Gasteiger partial charge on any atom is 0.395 e. The zero-order chi connectivity index (χ0) is 8.91. The van der Waals surface area contributed by atoms with Gasteiger partial charge in [0.1, 0.15) is 0 Å². The number of halogens is 3. The van der Waals surface area contributed by atoms with Crippen LogP contribution in [-0.4, -0.2) is 6.18 Å². The van der Waals surface area contributed by atoms with E-state index in [9.17, 15) is 13.2 Å². The van der Waals surface area contributed by atoms with E-state index >= 15 is 0 Å². The summed E-state index contributed by atoms with van der Waals surface area (Å²) >= 11 is 0. The van der Waals surface area contributed by atoms with Crippen molar-refractivity contribution in [3.05, 3.63) is 0 Å². The Morgan fingerprint density at radius 3 is 1.36 bits per heavy atom. The van der Waals surface area contributed by atoms with E-state index in [1.807, 2.05) is 13.8 Å². The summed E-state index contributed by atoms with van der Waals surface area (Å²) in [5.74, 6) is 0. The summed E-state index contributed by atoms with van der Waals surface area (Å²) in [6.07, 6.45) is -3.16. The molecule has 0 aromatic rings. The Bertz CT molecular complexity index is 163. The Hall–Kier alpha value is -0.210. The molecule has 2 aliphatic rings. The van der Waals surface area contributed by atoms with Crippen LogP contribution in [0, 0.1) is 10.8 Å². The molecule has 0 N–H and O–H groups in total. The molecule has 0 atom stereocenters. The third-order valence-electron chi connectivity index (χ3n) is 2.83. The van der Waals surface area contributed by atoms with Gasteiger partial charge in [-0.25, -0.2) is 0 Å². The van der Waals surface area contributed by atoms with E-state index in [0.29, 0.717) is 12.8 Å². The topological polar surface area (TPSA) is 0 Å². The third-order valence-corrected chi connectivity index (χ3v) is 2.83. The van der Waals surface area contributed by atoms with E-state index in [0.717, 1.165) is 0 Å². The first kappa shape index (κ1) is 8.88. The van der Waals surface area contributed by atoms with E-state index in [1.54, 1.807) is 6.92 Å². The lowest BCUT2D eigenvalue weighted by atomic mass is 10.2. The Morgan fingerprint density at radius 2 is 1.36 bits per heavy atom. The van der Waals surface area contributed by atoms with Crippen molar-refractivity contribution in [2.45, 2.75) is 39.8 Å². The van der Waals surface area contributed by atoms with Gasteiger partial charge in [0.15, 0.2) is 0 Å². The molecule has 2 aliphatic carbocycles. The molecule has 2 saturated carbocycles. The second-order valence-electron chi connectivity index (χ2n) is 3.49. The highest BCUT2D eigenvalue weighted by molar-refractivity contribution is 5.31. The summed E-state index contributed by atoms with van der Waals surface area (Å²) in [7, 11) is 0. The number of alkyl halides is 3. The Morgan fingerprint density at radius 1 is 1.09 bits per heavy atom. The first-order valence-electron chi connectivity index (χ1n) is 3.98. The van der Waals surface area contributed by atoms with Gasteiger partial charge < -0.3 is 0 Å². The van der Waals surface area contributed by atoms with Crippen molar-refractivity contribution >= 4 is 0 Å². The van der Waals surface area contributed by atoms with Crippen LogP contribution in [0.5, 0.6) is 0 Å². The average Bonchev–Trinajstić information content (AvgIpc) is 2.56. The molecule has 3 heteroatoms. The standard InChI is InChI=1S/C6H7F3.C2H6/c1-4-2-5(4,3-4)6(7,8)9;1-2/h2-3H2,1H3;1-2H3. The minimum Gasteiger partial charge on any atom is -0.170 e. The smallest absolute Gasteiger partial charge is 0.170 e. The first-order valence-corrected chi connectivity index (χ1v) is 3.98. The van der Waals surface area contributed by atoms with Crippen LogP contribution in [0.25, 0.3) is 0 Å². The van der Waals surface area contributed by atoms with Crippen LogP contribution >= 0.6 is 0 Å². The maximum atomic E-state index is 11.9. The van der Waals surface area contributed by atoms with E-state index in [1.165, 1.54) is 0 Å². The summed E-state index contributed by atoms with van der Waals surface area (Å²) in [5.41, 5.74) is -1.54. The molecule has 0 aromatic carbocycles. The van der Waals surface area contributed by atoms with Gasteiger partial charge in [-0.05, 0) is 18.3 Å². The van der Waals surface area contributed by atoms with E-state index in [-0.39, 0.29) is 5.41 Å². The number of hydrogen-bond donors (Lipinski definition) is 0. The highest BCUT2D eigenvalue weighted by Crippen LogP contribution is 2.90. The van der Waals surface area contributed by atoms with Crippen molar-refractivity contribution in [1.29, 1.82) is 0 Å². The highest BCUT2D eigenvalue weighted by atomic mass is 19.4. The predicted octanol–water partition coefficient (Wildman–Crippen LogP) is 3.38. The molecule has 0 aliphatic heterocycles. The van der Waals surface area contributed by atoms with Crippen LogP contribution in [0.2, 0.25) is 0 Å². The molecule has 0 aromatic heterocycles. The largest absolute Gasteiger partial charge is 0.395 e. The molecule has 2 fully saturated rings. The molecule has 0 heterocycles. The van der Waals surface area contributed by atoms with Crippen LogP contribution in [0.3, 0.4) is 0 Å². The zero-order valence-electron chi connectivity index (χ0n) is 7.05. The fourth-order valence-corrected chi connectivity index (χ4v) is 1.73. The Balaban J connectivity index is 0.000000281. The third kappa shape index (κ3) is 0.893. The molecule has 11 heavy (non-hydrogen) atoms. The lowest BCUT2D eigenvalue weighted by Crippen LogP contribution is -2.16. The van der Waals surface area contributed by atoms with Crippen molar-refractivity contribution in [2.24, 2.45) is 10.8 Å². The van der Waals surface area contributed by atoms with Gasteiger partial charge in [0.05, 0.1) is 5.41 Å². The molecule has 2 rings (SSSR count). The van der Waals surface area contributed by atoms with Gasteiger partial charge in [0, 0.05) is 0 Å². The molecular formula is C8H13F3. The summed E-state index contributed by atoms with van der Waals surface area (Å²) in [4.78, 5) is 0. The molecular weight excluding hydrogens is 153 g/mol. The van der Waals surface area contributed by atoms with Crippen LogP contribution in [0.1, 0.15) is 33.6 Å². The van der Waals surface area contributed by atoms with E-state index in [4.69, 9.17) is 0 Å². The second-order valence-corrected chi connectivity index (χ2v) is 3.49. The summed E-state index contributed by atoms with van der Waals surface area (Å²) < 4.78 is 35.7. The van der Waals surface area contributed by atoms with Gasteiger partial charge in [-0.1, -0.05) is 20.8 Å². The quantitative estimate of drug-likeness (QED) is 0.517. The van der Waals surface area contributed by atoms with Crippen molar-refractivity contribution in [1.82, 2.24) is 0 Å². The maximum absolute atomic E-state index is 11.9. The molecule has 0 spiro atoms. The lowest BCUT2D eigenvalue weighted by molar-refractivity contribution is -0.168. The Kier molecular flexibility index (Phi) is 1.56. The van der Waals surface area contributed by atoms with Crippen LogP contribution < -0.4 is 0 Å². The minimum absolute atomic E-state index is 0.328. The fraction of sp³-hybridized carbons (Fsp3) is 1.00. The van der Waals surface area contributed by atoms with Crippen LogP contribution in [0.4, 0.5) is 13.2 Å². The average molecular weight is 166 g/mol. The summed E-state index contributed by atoms with van der Waals surface area (Å²) in [5, 5.41) is 0. The zero-order valence-corrected chi connectivity index (χ0v) is 7.05. The molecule has 0 unspecified atom stereocenters. The van der Waals surface area contributed by atoms with Gasteiger partial charge in [0.2, 0.25) is 0 Å². The predicted molar refractivity (Wildman–Crippen MR) is 37.2 cm³/mol. The van der Waals surface area contributed by atoms with Gasteiger partial charge in [-0.2, -0.15) is 13.2 Å². The molecule has 0 nitrogen and oxygen atoms in total. The fourth-order valence-electron chi connectivity index (χ4n) is 1.73. The molecule has 0 bridgehead atoms. The lowest BCUT2D eigenvalue weighted by Gasteiger charge is -2.06. The summed E-state index contributed by atoms with van der Waals surface area (Å²) in [6.45, 7) is 5.71. The molecule has 0 saturated heterocycles. The SMILES string of the molecule is CC.CC12CC1(C(F)(F)F)C2. The van der Waals surface area contributed by atoms with Crippen molar-refractivity contribution in [3.63, 3.8) is 0 Å².